The number of H-pyrrole nitrogens is 1. The lowest BCUT2D eigenvalue weighted by Crippen LogP contribution is -2.43. The van der Waals surface area contributed by atoms with E-state index in [1.807, 2.05) is 11.0 Å². The van der Waals surface area contributed by atoms with Crippen LogP contribution >= 0.6 is 0 Å². The maximum Gasteiger partial charge on any atom is 0.251 e. The van der Waals surface area contributed by atoms with Gasteiger partial charge in [-0.2, -0.15) is 0 Å². The third-order valence-electron chi connectivity index (χ3n) is 4.32. The van der Waals surface area contributed by atoms with Crippen LogP contribution in [0.15, 0.2) is 24.3 Å². The zero-order chi connectivity index (χ0) is 14.3. The van der Waals surface area contributed by atoms with Gasteiger partial charge in [-0.25, -0.2) is 0 Å². The summed E-state index contributed by atoms with van der Waals surface area (Å²) in [6.45, 7) is 4.63. The molecule has 1 aromatic carbocycles. The van der Waals surface area contributed by atoms with Crippen LogP contribution in [0.1, 0.15) is 31.1 Å². The number of aromatic amines is 1. The molecule has 0 bridgehead atoms. The molecule has 2 atom stereocenters. The molecule has 20 heavy (non-hydrogen) atoms. The monoisotopic (exact) mass is 272 g/mol. The number of para-hydroxylation sites is 1. The number of benzene rings is 1. The fourth-order valence-electron chi connectivity index (χ4n) is 3.06. The van der Waals surface area contributed by atoms with Gasteiger partial charge in [-0.3, -0.25) is 4.79 Å². The van der Waals surface area contributed by atoms with E-state index in [9.17, 15) is 4.79 Å². The summed E-state index contributed by atoms with van der Waals surface area (Å²) in [7, 11) is 1.57. The Morgan fingerprint density at radius 2 is 2.20 bits per heavy atom. The first kappa shape index (κ1) is 13.2. The summed E-state index contributed by atoms with van der Waals surface area (Å²) in [5.41, 5.74) is 3.66. The van der Waals surface area contributed by atoms with Gasteiger partial charge in [0.05, 0.1) is 6.04 Å². The van der Waals surface area contributed by atoms with E-state index in [1.54, 1.807) is 14.0 Å². The minimum absolute atomic E-state index is 0.0595. The maximum atomic E-state index is 12.4. The molecule has 0 saturated heterocycles. The molecule has 0 spiro atoms. The summed E-state index contributed by atoms with van der Waals surface area (Å²) in [4.78, 5) is 17.7. The first-order valence-corrected chi connectivity index (χ1v) is 7.06. The van der Waals surface area contributed by atoms with Crippen LogP contribution < -0.4 is 0 Å². The largest absolute Gasteiger partial charge is 0.372 e. The van der Waals surface area contributed by atoms with Crippen LogP contribution in [0, 0.1) is 0 Å². The number of amides is 1. The average molecular weight is 272 g/mol. The van der Waals surface area contributed by atoms with Crippen molar-refractivity contribution in [3.05, 3.63) is 35.5 Å². The van der Waals surface area contributed by atoms with E-state index >= 15 is 0 Å². The van der Waals surface area contributed by atoms with Crippen LogP contribution in [-0.4, -0.2) is 35.5 Å². The van der Waals surface area contributed by atoms with E-state index in [-0.39, 0.29) is 18.1 Å². The lowest BCUT2D eigenvalue weighted by Gasteiger charge is -2.35. The second-order valence-electron chi connectivity index (χ2n) is 5.40. The van der Waals surface area contributed by atoms with E-state index in [0.29, 0.717) is 0 Å². The number of nitrogens with one attached hydrogen (secondary N) is 1. The van der Waals surface area contributed by atoms with Crippen molar-refractivity contribution in [3.63, 3.8) is 0 Å². The molecule has 106 valence electrons. The number of fused-ring (bicyclic) bond motifs is 3. The quantitative estimate of drug-likeness (QED) is 0.913. The second-order valence-corrected chi connectivity index (χ2v) is 5.40. The van der Waals surface area contributed by atoms with Crippen LogP contribution in [-0.2, 0) is 16.0 Å². The SMILES string of the molecule is CO[C@@H](C)C(=O)N1CCc2c([nH]c3ccccc23)[C@@H]1C. The summed E-state index contributed by atoms with van der Waals surface area (Å²) in [6, 6.07) is 8.39. The Morgan fingerprint density at radius 1 is 1.45 bits per heavy atom. The standard InChI is InChI=1S/C16H20N2O2/c1-10-15-13(12-6-4-5-7-14(12)17-15)8-9-18(10)16(19)11(2)20-3/h4-7,10-11,17H,8-9H2,1-3H3/t10-,11-/m0/s1. The van der Waals surface area contributed by atoms with Crippen molar-refractivity contribution in [1.82, 2.24) is 9.88 Å². The lowest BCUT2D eigenvalue weighted by molar-refractivity contribution is -0.143. The Labute approximate surface area is 118 Å². The summed E-state index contributed by atoms with van der Waals surface area (Å²) >= 11 is 0. The molecule has 1 amide bonds. The molecule has 0 aliphatic carbocycles. The minimum Gasteiger partial charge on any atom is -0.372 e. The number of hydrogen-bond acceptors (Lipinski definition) is 2. The molecule has 1 aromatic heterocycles. The first-order chi connectivity index (χ1) is 9.63. The number of methoxy groups -OCH3 is 1. The smallest absolute Gasteiger partial charge is 0.251 e. The molecule has 1 aliphatic heterocycles. The lowest BCUT2D eigenvalue weighted by atomic mass is 9.98. The molecule has 2 aromatic rings. The molecule has 0 fully saturated rings. The predicted octanol–water partition coefficient (Wildman–Crippen LogP) is 2.65. The van der Waals surface area contributed by atoms with Crippen molar-refractivity contribution in [2.24, 2.45) is 0 Å². The maximum absolute atomic E-state index is 12.4. The molecule has 0 unspecified atom stereocenters. The third-order valence-corrected chi connectivity index (χ3v) is 4.32. The van der Waals surface area contributed by atoms with Crippen LogP contribution in [0.25, 0.3) is 10.9 Å². The highest BCUT2D eigenvalue weighted by molar-refractivity contribution is 5.86. The molecule has 1 aliphatic rings. The number of rotatable bonds is 2. The highest BCUT2D eigenvalue weighted by Crippen LogP contribution is 2.34. The topological polar surface area (TPSA) is 45.3 Å². The van der Waals surface area contributed by atoms with Crippen molar-refractivity contribution in [3.8, 4) is 0 Å². The van der Waals surface area contributed by atoms with Gasteiger partial charge in [0.1, 0.15) is 6.10 Å². The zero-order valence-electron chi connectivity index (χ0n) is 12.1. The van der Waals surface area contributed by atoms with Crippen molar-refractivity contribution in [2.75, 3.05) is 13.7 Å². The Balaban J connectivity index is 1.98. The van der Waals surface area contributed by atoms with E-state index in [1.165, 1.54) is 10.9 Å². The Morgan fingerprint density at radius 3 is 2.95 bits per heavy atom. The van der Waals surface area contributed by atoms with Gasteiger partial charge >= 0.3 is 0 Å². The van der Waals surface area contributed by atoms with Gasteiger partial charge in [0, 0.05) is 30.3 Å². The van der Waals surface area contributed by atoms with Crippen LogP contribution in [0.3, 0.4) is 0 Å². The first-order valence-electron chi connectivity index (χ1n) is 7.06. The minimum atomic E-state index is -0.386. The zero-order valence-corrected chi connectivity index (χ0v) is 12.1. The van der Waals surface area contributed by atoms with Crippen molar-refractivity contribution >= 4 is 16.8 Å². The molecule has 4 heteroatoms. The van der Waals surface area contributed by atoms with Crippen molar-refractivity contribution < 1.29 is 9.53 Å². The van der Waals surface area contributed by atoms with Gasteiger partial charge < -0.3 is 14.6 Å². The summed E-state index contributed by atoms with van der Waals surface area (Å²) < 4.78 is 5.16. The Kier molecular flexibility index (Phi) is 3.26. The predicted molar refractivity (Wildman–Crippen MR) is 78.6 cm³/mol. The van der Waals surface area contributed by atoms with Crippen LogP contribution in [0.4, 0.5) is 0 Å². The highest BCUT2D eigenvalue weighted by Gasteiger charge is 2.32. The molecular formula is C16H20N2O2. The number of nitrogens with zero attached hydrogens (tertiary/aromatic N) is 1. The highest BCUT2D eigenvalue weighted by atomic mass is 16.5. The number of aromatic nitrogens is 1. The number of carbonyl (C=O) groups is 1. The van der Waals surface area contributed by atoms with E-state index in [4.69, 9.17) is 4.74 Å². The van der Waals surface area contributed by atoms with Crippen LogP contribution in [0.2, 0.25) is 0 Å². The summed E-state index contributed by atoms with van der Waals surface area (Å²) in [6.07, 6.45) is 0.509. The van der Waals surface area contributed by atoms with Gasteiger partial charge in [-0.15, -0.1) is 0 Å². The molecule has 2 heterocycles. The normalized spacial score (nSPS) is 19.9. The second kappa shape index (κ2) is 4.94. The number of hydrogen-bond donors (Lipinski definition) is 1. The van der Waals surface area contributed by atoms with Gasteiger partial charge in [0.25, 0.3) is 5.91 Å². The molecule has 3 rings (SSSR count). The van der Waals surface area contributed by atoms with Crippen molar-refractivity contribution in [1.29, 1.82) is 0 Å². The summed E-state index contributed by atoms with van der Waals surface area (Å²) in [5, 5.41) is 1.28. The fraction of sp³-hybridized carbons (Fsp3) is 0.438. The van der Waals surface area contributed by atoms with E-state index in [0.717, 1.165) is 24.2 Å². The molecule has 1 N–H and O–H groups in total. The number of carbonyl (C=O) groups excluding carboxylic acids is 1. The van der Waals surface area contributed by atoms with Gasteiger partial charge in [0.2, 0.25) is 0 Å². The van der Waals surface area contributed by atoms with E-state index in [2.05, 4.69) is 30.1 Å². The number of ether oxygens (including phenoxy) is 1. The Bertz CT molecular complexity index is 647. The molecular weight excluding hydrogens is 252 g/mol. The van der Waals surface area contributed by atoms with Gasteiger partial charge in [-0.05, 0) is 31.9 Å². The Hall–Kier alpha value is -1.81. The summed E-state index contributed by atoms with van der Waals surface area (Å²) in [5.74, 6) is 0.0595. The van der Waals surface area contributed by atoms with Crippen LogP contribution in [0.5, 0.6) is 0 Å². The third kappa shape index (κ3) is 1.91. The molecule has 0 radical (unpaired) electrons. The fourth-order valence-corrected chi connectivity index (χ4v) is 3.06. The average Bonchev–Trinajstić information content (AvgIpc) is 2.86. The molecule has 0 saturated carbocycles. The van der Waals surface area contributed by atoms with Crippen molar-refractivity contribution in [2.45, 2.75) is 32.4 Å². The molecule has 4 nitrogen and oxygen atoms in total. The van der Waals surface area contributed by atoms with Gasteiger partial charge in [-0.1, -0.05) is 18.2 Å². The van der Waals surface area contributed by atoms with E-state index < -0.39 is 0 Å². The van der Waals surface area contributed by atoms with Gasteiger partial charge in [0.15, 0.2) is 0 Å².